The van der Waals surface area contributed by atoms with Crippen LogP contribution in [0.1, 0.15) is 46.5 Å². The standard InChI is InChI=1S/C18H24ClNS/c1-5-8-20-16(17-10-14(4)18(19)21-17)11-15-9-12(2)6-7-13(15)3/h6-7,9-10,16,20H,5,8,11H2,1-4H3. The molecule has 1 unspecified atom stereocenters. The van der Waals surface area contributed by atoms with E-state index in [1.807, 2.05) is 0 Å². The molecule has 0 saturated heterocycles. The Labute approximate surface area is 137 Å². The van der Waals surface area contributed by atoms with E-state index in [4.69, 9.17) is 11.6 Å². The Bertz CT molecular complexity index is 584. The van der Waals surface area contributed by atoms with Gasteiger partial charge in [-0.15, -0.1) is 11.3 Å². The highest BCUT2D eigenvalue weighted by Crippen LogP contribution is 2.33. The minimum Gasteiger partial charge on any atom is -0.309 e. The lowest BCUT2D eigenvalue weighted by Gasteiger charge is -2.19. The first-order valence-electron chi connectivity index (χ1n) is 7.56. The van der Waals surface area contributed by atoms with Crippen molar-refractivity contribution in [3.63, 3.8) is 0 Å². The van der Waals surface area contributed by atoms with Crippen molar-refractivity contribution in [2.45, 2.75) is 46.6 Å². The molecule has 0 amide bonds. The third-order valence-electron chi connectivity index (χ3n) is 3.79. The summed E-state index contributed by atoms with van der Waals surface area (Å²) in [6.07, 6.45) is 2.16. The van der Waals surface area contributed by atoms with E-state index in [2.05, 4.69) is 57.3 Å². The van der Waals surface area contributed by atoms with Crippen LogP contribution in [0.15, 0.2) is 24.3 Å². The minimum absolute atomic E-state index is 0.349. The van der Waals surface area contributed by atoms with E-state index in [-0.39, 0.29) is 0 Å². The Kier molecular flexibility index (Phi) is 5.86. The van der Waals surface area contributed by atoms with Gasteiger partial charge in [0.05, 0.1) is 4.34 Å². The highest BCUT2D eigenvalue weighted by Gasteiger charge is 2.16. The molecule has 0 spiro atoms. The number of nitrogens with one attached hydrogen (secondary N) is 1. The first-order valence-corrected chi connectivity index (χ1v) is 8.76. The maximum absolute atomic E-state index is 6.26. The van der Waals surface area contributed by atoms with E-state index in [1.165, 1.54) is 27.1 Å². The molecule has 114 valence electrons. The molecule has 0 fully saturated rings. The Morgan fingerprint density at radius 1 is 1.14 bits per heavy atom. The molecule has 3 heteroatoms. The van der Waals surface area contributed by atoms with Crippen molar-refractivity contribution < 1.29 is 0 Å². The molecule has 1 nitrogen and oxygen atoms in total. The molecule has 1 aromatic carbocycles. The van der Waals surface area contributed by atoms with Gasteiger partial charge in [-0.1, -0.05) is 42.3 Å². The average molecular weight is 322 g/mol. The predicted octanol–water partition coefficient (Wildman–Crippen LogP) is 5.61. The summed E-state index contributed by atoms with van der Waals surface area (Å²) in [6, 6.07) is 9.28. The maximum Gasteiger partial charge on any atom is 0.0960 e. The van der Waals surface area contributed by atoms with Gasteiger partial charge in [0.2, 0.25) is 0 Å². The van der Waals surface area contributed by atoms with Gasteiger partial charge in [-0.2, -0.15) is 0 Å². The summed E-state index contributed by atoms with van der Waals surface area (Å²) in [5, 5.41) is 3.67. The van der Waals surface area contributed by atoms with Crippen LogP contribution in [0.3, 0.4) is 0 Å². The van der Waals surface area contributed by atoms with Gasteiger partial charge >= 0.3 is 0 Å². The zero-order chi connectivity index (χ0) is 15.4. The summed E-state index contributed by atoms with van der Waals surface area (Å²) in [7, 11) is 0. The smallest absolute Gasteiger partial charge is 0.0960 e. The Morgan fingerprint density at radius 3 is 2.52 bits per heavy atom. The Morgan fingerprint density at radius 2 is 1.90 bits per heavy atom. The fraction of sp³-hybridized carbons (Fsp3) is 0.444. The lowest BCUT2D eigenvalue weighted by atomic mass is 9.98. The van der Waals surface area contributed by atoms with Crippen LogP contribution in [0.5, 0.6) is 0 Å². The van der Waals surface area contributed by atoms with Crippen LogP contribution < -0.4 is 5.32 Å². The summed E-state index contributed by atoms with van der Waals surface area (Å²) in [4.78, 5) is 1.34. The molecule has 0 aliphatic rings. The number of thiophene rings is 1. The number of hydrogen-bond donors (Lipinski definition) is 1. The topological polar surface area (TPSA) is 12.0 Å². The minimum atomic E-state index is 0.349. The van der Waals surface area contributed by atoms with Crippen LogP contribution in [0.2, 0.25) is 4.34 Å². The summed E-state index contributed by atoms with van der Waals surface area (Å²) < 4.78 is 0.911. The summed E-state index contributed by atoms with van der Waals surface area (Å²) in [5.74, 6) is 0. The summed E-state index contributed by atoms with van der Waals surface area (Å²) in [6.45, 7) is 9.66. The quantitative estimate of drug-likeness (QED) is 0.729. The molecule has 1 N–H and O–H groups in total. The zero-order valence-electron chi connectivity index (χ0n) is 13.3. The Balaban J connectivity index is 2.25. The van der Waals surface area contributed by atoms with Gasteiger partial charge in [0.25, 0.3) is 0 Å². The van der Waals surface area contributed by atoms with Gasteiger partial charge in [0, 0.05) is 10.9 Å². The summed E-state index contributed by atoms with van der Waals surface area (Å²) in [5.41, 5.74) is 5.29. The van der Waals surface area contributed by atoms with Crippen LogP contribution in [0.25, 0.3) is 0 Å². The van der Waals surface area contributed by atoms with Crippen molar-refractivity contribution >= 4 is 22.9 Å². The van der Waals surface area contributed by atoms with Crippen molar-refractivity contribution in [2.75, 3.05) is 6.54 Å². The molecule has 0 aliphatic carbocycles. The molecular formula is C18H24ClNS. The zero-order valence-corrected chi connectivity index (χ0v) is 14.9. The van der Waals surface area contributed by atoms with Crippen molar-refractivity contribution in [1.82, 2.24) is 5.32 Å². The highest BCUT2D eigenvalue weighted by molar-refractivity contribution is 7.16. The van der Waals surface area contributed by atoms with E-state index in [1.54, 1.807) is 11.3 Å². The van der Waals surface area contributed by atoms with Gasteiger partial charge in [-0.25, -0.2) is 0 Å². The van der Waals surface area contributed by atoms with E-state index in [0.29, 0.717) is 6.04 Å². The second-order valence-corrected chi connectivity index (χ2v) is 7.43. The predicted molar refractivity (Wildman–Crippen MR) is 94.7 cm³/mol. The average Bonchev–Trinajstić information content (AvgIpc) is 2.78. The molecule has 0 radical (unpaired) electrons. The Hall–Kier alpha value is -0.830. The van der Waals surface area contributed by atoms with E-state index >= 15 is 0 Å². The lowest BCUT2D eigenvalue weighted by Crippen LogP contribution is -2.23. The van der Waals surface area contributed by atoms with Gasteiger partial charge in [-0.3, -0.25) is 0 Å². The van der Waals surface area contributed by atoms with Crippen LogP contribution in [-0.2, 0) is 6.42 Å². The number of hydrogen-bond acceptors (Lipinski definition) is 2. The lowest BCUT2D eigenvalue weighted by molar-refractivity contribution is 0.535. The van der Waals surface area contributed by atoms with E-state index in [9.17, 15) is 0 Å². The molecule has 21 heavy (non-hydrogen) atoms. The van der Waals surface area contributed by atoms with Crippen LogP contribution in [0, 0.1) is 20.8 Å². The van der Waals surface area contributed by atoms with Crippen molar-refractivity contribution in [1.29, 1.82) is 0 Å². The van der Waals surface area contributed by atoms with Crippen molar-refractivity contribution in [3.05, 3.63) is 55.7 Å². The number of aryl methyl sites for hydroxylation is 3. The van der Waals surface area contributed by atoms with Crippen molar-refractivity contribution in [2.24, 2.45) is 0 Å². The largest absolute Gasteiger partial charge is 0.309 e. The molecule has 2 aromatic rings. The van der Waals surface area contributed by atoms with Crippen LogP contribution in [0.4, 0.5) is 0 Å². The van der Waals surface area contributed by atoms with Gasteiger partial charge in [0.15, 0.2) is 0 Å². The second-order valence-electron chi connectivity index (χ2n) is 5.75. The van der Waals surface area contributed by atoms with E-state index in [0.717, 1.165) is 23.7 Å². The molecule has 1 atom stereocenters. The second kappa shape index (κ2) is 7.44. The monoisotopic (exact) mass is 321 g/mol. The molecule has 1 aromatic heterocycles. The van der Waals surface area contributed by atoms with E-state index < -0.39 is 0 Å². The fourth-order valence-electron chi connectivity index (χ4n) is 2.49. The molecular weight excluding hydrogens is 298 g/mol. The SMILES string of the molecule is CCCNC(Cc1cc(C)ccc1C)c1cc(C)c(Cl)s1. The maximum atomic E-state index is 6.26. The van der Waals surface area contributed by atoms with Gasteiger partial charge < -0.3 is 5.32 Å². The molecule has 0 bridgehead atoms. The molecule has 2 rings (SSSR count). The number of halogens is 1. The molecule has 0 saturated carbocycles. The first-order chi connectivity index (χ1) is 10.0. The number of rotatable bonds is 6. The van der Waals surface area contributed by atoms with Crippen LogP contribution in [-0.4, -0.2) is 6.54 Å². The van der Waals surface area contributed by atoms with Crippen LogP contribution >= 0.6 is 22.9 Å². The summed E-state index contributed by atoms with van der Waals surface area (Å²) >= 11 is 7.96. The third-order valence-corrected chi connectivity index (χ3v) is 5.46. The highest BCUT2D eigenvalue weighted by atomic mass is 35.5. The molecule has 1 heterocycles. The van der Waals surface area contributed by atoms with Crippen molar-refractivity contribution in [3.8, 4) is 0 Å². The molecule has 0 aliphatic heterocycles. The van der Waals surface area contributed by atoms with Gasteiger partial charge in [0.1, 0.15) is 0 Å². The first kappa shape index (κ1) is 16.5. The fourth-order valence-corrected chi connectivity index (χ4v) is 3.78. The van der Waals surface area contributed by atoms with Gasteiger partial charge in [-0.05, 0) is 62.9 Å². The normalized spacial score (nSPS) is 12.6. The third kappa shape index (κ3) is 4.32. The number of benzene rings is 1.